The molecule has 1 unspecified atom stereocenters. The predicted octanol–water partition coefficient (Wildman–Crippen LogP) is 5.96. The molecule has 39 heavy (non-hydrogen) atoms. The normalized spacial score (nSPS) is 16.6. The van der Waals surface area contributed by atoms with Crippen molar-refractivity contribution in [2.45, 2.75) is 16.1 Å². The van der Waals surface area contributed by atoms with Crippen molar-refractivity contribution in [1.82, 2.24) is 10.2 Å². The Labute approximate surface area is 235 Å². The second kappa shape index (κ2) is 11.0. The molecule has 198 valence electrons. The van der Waals surface area contributed by atoms with E-state index in [9.17, 15) is 24.2 Å². The van der Waals surface area contributed by atoms with E-state index in [1.807, 2.05) is 18.2 Å². The summed E-state index contributed by atoms with van der Waals surface area (Å²) >= 11 is 8.72. The maximum atomic E-state index is 13.5. The first kappa shape index (κ1) is 26.7. The van der Waals surface area contributed by atoms with Gasteiger partial charge in [0.05, 0.1) is 18.7 Å². The van der Waals surface area contributed by atoms with Crippen LogP contribution >= 0.6 is 34.7 Å². The Morgan fingerprint density at radius 2 is 1.87 bits per heavy atom. The molecule has 1 aliphatic heterocycles. The molecule has 0 bridgehead atoms. The number of ether oxygens (including phenoxy) is 1. The number of nitrogens with zero attached hydrogens (tertiary/aromatic N) is 3. The van der Waals surface area contributed by atoms with Crippen molar-refractivity contribution in [3.05, 3.63) is 99.8 Å². The van der Waals surface area contributed by atoms with Crippen molar-refractivity contribution in [2.75, 3.05) is 12.0 Å². The molecule has 0 aliphatic carbocycles. The number of Topliss-reactive ketones (excluding diaryl/α,β-unsaturated/α-hetero) is 1. The van der Waals surface area contributed by atoms with Gasteiger partial charge in [-0.05, 0) is 53.6 Å². The third-order valence-electron chi connectivity index (χ3n) is 5.99. The lowest BCUT2D eigenvalue weighted by molar-refractivity contribution is -0.132. The molecule has 1 fully saturated rings. The zero-order chi connectivity index (χ0) is 27.7. The zero-order valence-corrected chi connectivity index (χ0v) is 22.6. The number of carbonyl (C=O) groups excluding carboxylic acids is 2. The van der Waals surface area contributed by atoms with Crippen molar-refractivity contribution >= 4 is 57.3 Å². The lowest BCUT2D eigenvalue weighted by atomic mass is 9.95. The molecular weight excluding hydrogens is 565 g/mol. The number of aromatic hydroxyl groups is 1. The molecule has 4 aromatic rings. The number of halogens is 2. The molecule has 0 saturated carbocycles. The Morgan fingerprint density at radius 3 is 2.59 bits per heavy atom. The van der Waals surface area contributed by atoms with Gasteiger partial charge in [0.2, 0.25) is 5.13 Å². The number of benzene rings is 3. The molecule has 1 amide bonds. The molecule has 0 spiro atoms. The maximum absolute atomic E-state index is 13.5. The lowest BCUT2D eigenvalue weighted by Crippen LogP contribution is -2.29. The zero-order valence-electron chi connectivity index (χ0n) is 20.2. The number of thioether (sulfide) groups is 1. The second-order valence-corrected chi connectivity index (χ2v) is 10.9. The van der Waals surface area contributed by atoms with Gasteiger partial charge in [0, 0.05) is 16.3 Å². The largest absolute Gasteiger partial charge is 0.507 e. The van der Waals surface area contributed by atoms with Crippen molar-refractivity contribution in [3.63, 3.8) is 0 Å². The van der Waals surface area contributed by atoms with Crippen LogP contribution in [0.4, 0.5) is 9.52 Å². The van der Waals surface area contributed by atoms with E-state index in [2.05, 4.69) is 10.2 Å². The number of methoxy groups -OCH3 is 1. The minimum Gasteiger partial charge on any atom is -0.507 e. The molecule has 1 aliphatic rings. The Morgan fingerprint density at radius 1 is 1.13 bits per heavy atom. The van der Waals surface area contributed by atoms with Gasteiger partial charge in [-0.15, -0.1) is 10.2 Å². The number of aliphatic hydroxyl groups excluding tert-OH is 1. The molecule has 3 aromatic carbocycles. The van der Waals surface area contributed by atoms with Crippen LogP contribution in [0.2, 0.25) is 5.02 Å². The van der Waals surface area contributed by atoms with Gasteiger partial charge in [0.25, 0.3) is 5.78 Å². The number of hydrogen-bond acceptors (Lipinski definition) is 9. The third kappa shape index (κ3) is 5.20. The molecule has 2 N–H and O–H groups in total. The minimum absolute atomic E-state index is 0.105. The van der Waals surface area contributed by atoms with Crippen LogP contribution in [-0.4, -0.2) is 39.2 Å². The van der Waals surface area contributed by atoms with Crippen LogP contribution in [0.1, 0.15) is 22.7 Å². The van der Waals surface area contributed by atoms with Crippen molar-refractivity contribution in [3.8, 4) is 11.5 Å². The summed E-state index contributed by atoms with van der Waals surface area (Å²) in [5, 5.41) is 30.4. The standard InChI is InChI=1S/C27H19ClFN3O5S2/c1-37-20-12-15(8-11-19(20)33)22-21(23(34)14-6-9-17(29)10-7-14)24(35)25(36)32(22)26-30-31-27(39-26)38-13-16-4-2-3-5-18(16)28/h2-12,22,33-34H,13H2,1H3/b23-21-. The Hall–Kier alpha value is -3.93. The Bertz CT molecular complexity index is 1610. The van der Waals surface area contributed by atoms with E-state index in [0.29, 0.717) is 20.7 Å². The number of carbonyl (C=O) groups is 2. The summed E-state index contributed by atoms with van der Waals surface area (Å²) in [7, 11) is 1.36. The van der Waals surface area contributed by atoms with Gasteiger partial charge in [-0.1, -0.05) is 59.0 Å². The summed E-state index contributed by atoms with van der Waals surface area (Å²) in [6.07, 6.45) is 0. The Balaban J connectivity index is 1.57. The lowest BCUT2D eigenvalue weighted by Gasteiger charge is -2.23. The fourth-order valence-corrected chi connectivity index (χ4v) is 6.24. The van der Waals surface area contributed by atoms with Crippen molar-refractivity contribution < 1.29 is 28.9 Å². The average Bonchev–Trinajstić information content (AvgIpc) is 3.50. The SMILES string of the molecule is COc1cc(C2/C(=C(/O)c3ccc(F)cc3)C(=O)C(=O)N2c2nnc(SCc3ccccc3Cl)s2)ccc1O. The summed E-state index contributed by atoms with van der Waals surface area (Å²) in [4.78, 5) is 27.8. The van der Waals surface area contributed by atoms with Crippen LogP contribution < -0.4 is 9.64 Å². The summed E-state index contributed by atoms with van der Waals surface area (Å²) in [5.41, 5.74) is 1.20. The fourth-order valence-electron chi connectivity index (χ4n) is 4.09. The monoisotopic (exact) mass is 583 g/mol. The highest BCUT2D eigenvalue weighted by atomic mass is 35.5. The molecule has 1 aromatic heterocycles. The van der Waals surface area contributed by atoms with Crippen molar-refractivity contribution in [1.29, 1.82) is 0 Å². The van der Waals surface area contributed by atoms with Gasteiger partial charge >= 0.3 is 5.91 Å². The Kier molecular flexibility index (Phi) is 7.56. The van der Waals surface area contributed by atoms with E-state index in [1.165, 1.54) is 49.2 Å². The number of phenolic OH excluding ortho intramolecular Hbond substituents is 1. The van der Waals surface area contributed by atoms with E-state index in [-0.39, 0.29) is 27.8 Å². The first-order valence-corrected chi connectivity index (χ1v) is 13.6. The molecule has 1 atom stereocenters. The number of amides is 1. The average molecular weight is 584 g/mol. The molecule has 0 radical (unpaired) electrons. The molecule has 2 heterocycles. The number of hydrogen-bond donors (Lipinski definition) is 2. The highest BCUT2D eigenvalue weighted by Crippen LogP contribution is 2.45. The third-order valence-corrected chi connectivity index (χ3v) is 8.47. The van der Waals surface area contributed by atoms with Crippen LogP contribution in [0.5, 0.6) is 11.5 Å². The van der Waals surface area contributed by atoms with Gasteiger partial charge in [-0.25, -0.2) is 4.39 Å². The number of aromatic nitrogens is 2. The molecule has 1 saturated heterocycles. The minimum atomic E-state index is -1.13. The quantitative estimate of drug-likeness (QED) is 0.0900. The molecule has 8 nitrogen and oxygen atoms in total. The van der Waals surface area contributed by atoms with Crippen LogP contribution in [0, 0.1) is 5.82 Å². The van der Waals surface area contributed by atoms with Gasteiger partial charge in [0.1, 0.15) is 11.6 Å². The summed E-state index contributed by atoms with van der Waals surface area (Å²) in [5.74, 6) is -2.41. The molecule has 5 rings (SSSR count). The first-order chi connectivity index (χ1) is 18.8. The molecular formula is C27H19ClFN3O5S2. The fraction of sp³-hybridized carbons (Fsp3) is 0.111. The van der Waals surface area contributed by atoms with E-state index < -0.39 is 29.3 Å². The summed E-state index contributed by atoms with van der Waals surface area (Å²) in [6, 6.07) is 15.5. The van der Waals surface area contributed by atoms with Gasteiger partial charge in [0.15, 0.2) is 15.8 Å². The number of anilines is 1. The number of aliphatic hydroxyl groups is 1. The van der Waals surface area contributed by atoms with E-state index in [4.69, 9.17) is 16.3 Å². The van der Waals surface area contributed by atoms with Crippen LogP contribution in [0.3, 0.4) is 0 Å². The number of phenols is 1. The van der Waals surface area contributed by atoms with Crippen LogP contribution in [0.15, 0.2) is 76.6 Å². The summed E-state index contributed by atoms with van der Waals surface area (Å²) in [6.45, 7) is 0. The van der Waals surface area contributed by atoms with Crippen LogP contribution in [-0.2, 0) is 15.3 Å². The van der Waals surface area contributed by atoms with Gasteiger partial charge in [-0.3, -0.25) is 14.5 Å². The highest BCUT2D eigenvalue weighted by molar-refractivity contribution is 8.00. The maximum Gasteiger partial charge on any atom is 0.301 e. The second-order valence-electron chi connectivity index (χ2n) is 8.34. The van der Waals surface area contributed by atoms with E-state index in [0.717, 1.165) is 33.9 Å². The van der Waals surface area contributed by atoms with Gasteiger partial charge < -0.3 is 14.9 Å². The first-order valence-electron chi connectivity index (χ1n) is 11.4. The molecule has 12 heteroatoms. The van der Waals surface area contributed by atoms with Crippen LogP contribution in [0.25, 0.3) is 5.76 Å². The highest BCUT2D eigenvalue weighted by Gasteiger charge is 2.48. The number of ketones is 1. The predicted molar refractivity (Wildman–Crippen MR) is 147 cm³/mol. The van der Waals surface area contributed by atoms with Gasteiger partial charge in [-0.2, -0.15) is 0 Å². The summed E-state index contributed by atoms with van der Waals surface area (Å²) < 4.78 is 19.3. The smallest absolute Gasteiger partial charge is 0.301 e. The number of rotatable bonds is 7. The topological polar surface area (TPSA) is 113 Å². The van der Waals surface area contributed by atoms with E-state index >= 15 is 0 Å². The van der Waals surface area contributed by atoms with E-state index in [1.54, 1.807) is 6.07 Å². The van der Waals surface area contributed by atoms with Crippen molar-refractivity contribution in [2.24, 2.45) is 0 Å².